The summed E-state index contributed by atoms with van der Waals surface area (Å²) in [5.41, 5.74) is -1.30. The minimum absolute atomic E-state index is 0.0705. The number of aromatic hydroxyl groups is 2. The summed E-state index contributed by atoms with van der Waals surface area (Å²) in [5.74, 6) is -12.6. The van der Waals surface area contributed by atoms with Gasteiger partial charge in [0.1, 0.15) is 34.2 Å². The Hall–Kier alpha value is -5.55. The normalized spacial score (nSPS) is 32.0. The molecule has 0 bridgehead atoms. The number of nitrogens with two attached hydrogens (primary N) is 1. The lowest BCUT2D eigenvalue weighted by Gasteiger charge is -2.52. The van der Waals surface area contributed by atoms with Crippen molar-refractivity contribution >= 4 is 35.2 Å². The van der Waals surface area contributed by atoms with Crippen LogP contribution in [-0.4, -0.2) is 97.2 Å². The van der Waals surface area contributed by atoms with E-state index in [4.69, 9.17) is 24.7 Å². The fourth-order valence-corrected chi connectivity index (χ4v) is 8.17. The van der Waals surface area contributed by atoms with Crippen molar-refractivity contribution in [3.05, 3.63) is 87.2 Å². The predicted molar refractivity (Wildman–Crippen MR) is 188 cm³/mol. The van der Waals surface area contributed by atoms with Gasteiger partial charge < -0.3 is 55.3 Å². The molecule has 9 atom stereocenters. The molecule has 1 saturated heterocycles. The average molecular weight is 764 g/mol. The first-order chi connectivity index (χ1) is 25.8. The number of para-hydroxylation sites is 1. The van der Waals surface area contributed by atoms with Crippen LogP contribution in [0.25, 0.3) is 5.76 Å². The van der Waals surface area contributed by atoms with Crippen LogP contribution in [0.1, 0.15) is 73.7 Å². The number of benzene rings is 2. The third-order valence-corrected chi connectivity index (χ3v) is 11.4. The summed E-state index contributed by atoms with van der Waals surface area (Å²) >= 11 is 0. The van der Waals surface area contributed by atoms with Crippen LogP contribution in [0.4, 0.5) is 0 Å². The van der Waals surface area contributed by atoms with E-state index in [1.54, 1.807) is 26.8 Å². The van der Waals surface area contributed by atoms with E-state index in [9.17, 15) is 54.6 Å². The van der Waals surface area contributed by atoms with Gasteiger partial charge in [-0.3, -0.25) is 14.4 Å². The molecule has 16 heteroatoms. The quantitative estimate of drug-likeness (QED) is 0.121. The van der Waals surface area contributed by atoms with E-state index in [-0.39, 0.29) is 28.7 Å². The summed E-state index contributed by atoms with van der Waals surface area (Å²) in [5, 5.41) is 68.4. The fourth-order valence-electron chi connectivity index (χ4n) is 8.17. The summed E-state index contributed by atoms with van der Waals surface area (Å²) in [4.78, 5) is 66.6. The molecule has 0 aromatic heterocycles. The second-order valence-electron chi connectivity index (χ2n) is 14.3. The number of ether oxygens (including phenoxy) is 4. The van der Waals surface area contributed by atoms with Gasteiger partial charge in [0.25, 0.3) is 5.91 Å². The maximum absolute atomic E-state index is 14.6. The van der Waals surface area contributed by atoms with Gasteiger partial charge in [0.05, 0.1) is 29.5 Å². The van der Waals surface area contributed by atoms with Gasteiger partial charge in [-0.2, -0.15) is 0 Å². The van der Waals surface area contributed by atoms with Gasteiger partial charge in [0.2, 0.25) is 11.6 Å². The number of rotatable bonds is 7. The lowest BCUT2D eigenvalue weighted by atomic mass is 9.55. The third kappa shape index (κ3) is 5.87. The fraction of sp³-hybridized carbons (Fsp3) is 0.410. The lowest BCUT2D eigenvalue weighted by Crippen LogP contribution is -2.65. The third-order valence-electron chi connectivity index (χ3n) is 11.4. The molecule has 1 aliphatic heterocycles. The minimum atomic E-state index is -3.18. The molecule has 4 aliphatic rings. The molecule has 1 amide bonds. The molecule has 292 valence electrons. The van der Waals surface area contributed by atoms with Crippen molar-refractivity contribution < 1.29 is 73.6 Å². The van der Waals surface area contributed by atoms with Crippen molar-refractivity contribution in [1.82, 2.24) is 0 Å². The summed E-state index contributed by atoms with van der Waals surface area (Å²) in [6, 6.07) is 8.15. The van der Waals surface area contributed by atoms with Crippen LogP contribution >= 0.6 is 0 Å². The molecule has 3 aliphatic carbocycles. The number of esters is 2. The highest BCUT2D eigenvalue weighted by molar-refractivity contribution is 6.24. The van der Waals surface area contributed by atoms with Crippen LogP contribution in [0, 0.1) is 11.8 Å². The Morgan fingerprint density at radius 1 is 1.02 bits per heavy atom. The second kappa shape index (κ2) is 13.9. The van der Waals surface area contributed by atoms with Gasteiger partial charge in [-0.05, 0) is 51.8 Å². The van der Waals surface area contributed by atoms with Gasteiger partial charge >= 0.3 is 11.9 Å². The molecule has 55 heavy (non-hydrogen) atoms. The van der Waals surface area contributed by atoms with E-state index in [2.05, 4.69) is 0 Å². The number of phenolic OH excluding ortho intramolecular Hbond substituents is 2. The number of amides is 1. The van der Waals surface area contributed by atoms with Crippen molar-refractivity contribution in [2.24, 2.45) is 17.6 Å². The van der Waals surface area contributed by atoms with E-state index >= 15 is 0 Å². The maximum atomic E-state index is 14.6. The summed E-state index contributed by atoms with van der Waals surface area (Å²) in [7, 11) is 1.28. The van der Waals surface area contributed by atoms with Crippen LogP contribution < -0.4 is 5.73 Å². The predicted octanol–water partition coefficient (Wildman–Crippen LogP) is 2.37. The zero-order valence-corrected chi connectivity index (χ0v) is 30.4. The number of methoxy groups -OCH3 is 1. The number of primary amides is 1. The molecule has 2 aromatic carbocycles. The number of aliphatic hydroxyl groups is 4. The SMILES string of the molecule is C/C=C(/C)C(=O)OC1C(O)CC(c2ccc3c(c2O)C(O)=C2C(=O)C4(O)C(O)=C(C(N)=O)C(=O)C(OC(=O)c5ccccc5O)C4CC2C3(C)OC)OC1C. The van der Waals surface area contributed by atoms with E-state index < -0.39 is 124 Å². The summed E-state index contributed by atoms with van der Waals surface area (Å²) in [6.07, 6.45) is -5.35. The number of hydrogen-bond acceptors (Lipinski definition) is 15. The van der Waals surface area contributed by atoms with Crippen molar-refractivity contribution in [3.63, 3.8) is 0 Å². The smallest absolute Gasteiger partial charge is 0.342 e. The number of hydrogen-bond donors (Lipinski definition) is 7. The van der Waals surface area contributed by atoms with Gasteiger partial charge in [-0.15, -0.1) is 0 Å². The van der Waals surface area contributed by atoms with Crippen molar-refractivity contribution in [3.8, 4) is 11.5 Å². The number of phenols is 2. The molecule has 0 radical (unpaired) electrons. The van der Waals surface area contributed by atoms with E-state index in [0.29, 0.717) is 5.57 Å². The second-order valence-corrected chi connectivity index (χ2v) is 14.3. The van der Waals surface area contributed by atoms with E-state index in [1.165, 1.54) is 50.4 Å². The molecule has 8 N–H and O–H groups in total. The Labute approximate surface area is 314 Å². The Morgan fingerprint density at radius 2 is 1.69 bits per heavy atom. The van der Waals surface area contributed by atoms with E-state index in [0.717, 1.165) is 0 Å². The molecule has 2 aromatic rings. The number of carbonyl (C=O) groups is 5. The van der Waals surface area contributed by atoms with Gasteiger partial charge in [0.15, 0.2) is 17.8 Å². The first-order valence-corrected chi connectivity index (χ1v) is 17.4. The van der Waals surface area contributed by atoms with Gasteiger partial charge in [-0.25, -0.2) is 9.59 Å². The molecule has 1 heterocycles. The number of allylic oxidation sites excluding steroid dienone is 1. The first-order valence-electron chi connectivity index (χ1n) is 17.4. The molecule has 2 fully saturated rings. The monoisotopic (exact) mass is 763 g/mol. The van der Waals surface area contributed by atoms with Crippen LogP contribution in [-0.2, 0) is 43.7 Å². The highest BCUT2D eigenvalue weighted by atomic mass is 16.6. The number of ketones is 2. The standard InChI is InChI=1S/C39H41NO15/c1-6-15(2)36(49)54-31-16(3)53-24(14-23(31)42)18-11-12-19-25(28(18)43)29(44)26-20(38(19,4)52-5)13-21-32(55-37(50)17-9-7-8-10-22(17)41)30(45)27(35(40)48)34(47)39(21,51)33(26)46/h6-12,16,20-21,23-24,31-32,41-44,47,51H,13-14H2,1-5H3,(H2,40,48)/b15-6-. The van der Waals surface area contributed by atoms with Crippen molar-refractivity contribution in [1.29, 1.82) is 0 Å². The number of carbonyl (C=O) groups excluding carboxylic acids is 5. The molecule has 6 rings (SSSR count). The largest absolute Gasteiger partial charge is 0.508 e. The maximum Gasteiger partial charge on any atom is 0.342 e. The molecular formula is C39H41NO15. The van der Waals surface area contributed by atoms with Crippen LogP contribution in [0.2, 0.25) is 0 Å². The van der Waals surface area contributed by atoms with Gasteiger partial charge in [-0.1, -0.05) is 30.3 Å². The number of fused-ring (bicyclic) bond motifs is 3. The summed E-state index contributed by atoms with van der Waals surface area (Å²) < 4.78 is 23.0. The van der Waals surface area contributed by atoms with Crippen molar-refractivity contribution in [2.45, 2.75) is 82.3 Å². The molecule has 1 saturated carbocycles. The number of Topliss-reactive ketones (excluding diaryl/α,β-unsaturated/α-hetero) is 2. The van der Waals surface area contributed by atoms with E-state index in [1.807, 2.05) is 0 Å². The summed E-state index contributed by atoms with van der Waals surface area (Å²) in [6.45, 7) is 6.30. The zero-order chi connectivity index (χ0) is 40.5. The molecule has 9 unspecified atom stereocenters. The molecule has 16 nitrogen and oxygen atoms in total. The zero-order valence-electron chi connectivity index (χ0n) is 30.4. The highest BCUT2D eigenvalue weighted by Crippen LogP contribution is 2.59. The Balaban J connectivity index is 1.44. The average Bonchev–Trinajstić information content (AvgIpc) is 3.14. The Morgan fingerprint density at radius 3 is 2.29 bits per heavy atom. The lowest BCUT2D eigenvalue weighted by molar-refractivity contribution is -0.191. The van der Waals surface area contributed by atoms with Gasteiger partial charge in [0, 0.05) is 42.1 Å². The van der Waals surface area contributed by atoms with Crippen molar-refractivity contribution in [2.75, 3.05) is 7.11 Å². The molecule has 0 spiro atoms. The molecular weight excluding hydrogens is 722 g/mol. The topological polar surface area (TPSA) is 270 Å². The minimum Gasteiger partial charge on any atom is -0.508 e. The van der Waals surface area contributed by atoms with Crippen LogP contribution in [0.5, 0.6) is 11.5 Å². The van der Waals surface area contributed by atoms with Crippen LogP contribution in [0.3, 0.4) is 0 Å². The highest BCUT2D eigenvalue weighted by Gasteiger charge is 2.67. The number of aliphatic hydroxyl groups excluding tert-OH is 3. The van der Waals surface area contributed by atoms with Crippen LogP contribution in [0.15, 0.2) is 65.0 Å². The Bertz CT molecular complexity index is 2110. The Kier molecular flexibility index (Phi) is 9.93. The first kappa shape index (κ1) is 39.2.